The summed E-state index contributed by atoms with van der Waals surface area (Å²) < 4.78 is 0. The van der Waals surface area contributed by atoms with Crippen molar-refractivity contribution in [2.75, 3.05) is 0 Å². The fourth-order valence-corrected chi connectivity index (χ4v) is 1.04. The van der Waals surface area contributed by atoms with E-state index in [1.807, 2.05) is 0 Å². The van der Waals surface area contributed by atoms with Crippen LogP contribution in [0.25, 0.3) is 0 Å². The van der Waals surface area contributed by atoms with Crippen molar-refractivity contribution in [3.05, 3.63) is 33.8 Å². The highest BCUT2D eigenvalue weighted by atomic mass is 35.5. The molecule has 0 aliphatic carbocycles. The number of hydrogen-bond donors (Lipinski definition) is 1. The van der Waals surface area contributed by atoms with Crippen LogP contribution in [0.4, 0.5) is 0 Å². The quantitative estimate of drug-likeness (QED) is 0.412. The van der Waals surface area contributed by atoms with Crippen molar-refractivity contribution in [2.24, 2.45) is 5.16 Å². The maximum atomic E-state index is 8.20. The molecule has 0 radical (unpaired) electrons. The highest BCUT2D eigenvalue weighted by Gasteiger charge is 2.00. The van der Waals surface area contributed by atoms with Gasteiger partial charge in [0.1, 0.15) is 0 Å². The Bertz CT molecular complexity index is 286. The Balaban J connectivity index is 3.16. The van der Waals surface area contributed by atoms with Crippen LogP contribution >= 0.6 is 23.2 Å². The summed E-state index contributed by atoms with van der Waals surface area (Å²) in [5.41, 5.74) is 0.599. The molecule has 2 nitrogen and oxygen atoms in total. The summed E-state index contributed by atoms with van der Waals surface area (Å²) >= 11 is 11.4. The van der Waals surface area contributed by atoms with Gasteiger partial charge in [0.25, 0.3) is 0 Å². The molecule has 0 aliphatic rings. The van der Waals surface area contributed by atoms with Crippen LogP contribution in [0.2, 0.25) is 10.0 Å². The summed E-state index contributed by atoms with van der Waals surface area (Å²) in [4.78, 5) is 0. The Labute approximate surface area is 74.0 Å². The summed E-state index contributed by atoms with van der Waals surface area (Å²) in [6.07, 6.45) is 1.23. The molecule has 0 aliphatic heterocycles. The summed E-state index contributed by atoms with van der Waals surface area (Å²) in [6, 6.07) is 5.10. The molecule has 0 heterocycles. The smallest absolute Gasteiger partial charge is 0.0749 e. The van der Waals surface area contributed by atoms with Gasteiger partial charge in [-0.25, -0.2) is 0 Å². The molecule has 0 saturated heterocycles. The lowest BCUT2D eigenvalue weighted by Crippen LogP contribution is -1.82. The summed E-state index contributed by atoms with van der Waals surface area (Å²) in [5.74, 6) is 0. The van der Waals surface area contributed by atoms with Gasteiger partial charge in [-0.15, -0.1) is 0 Å². The third-order valence-corrected chi connectivity index (χ3v) is 2.01. The van der Waals surface area contributed by atoms with E-state index in [2.05, 4.69) is 5.16 Å². The molecular formula is C7H5Cl2NO. The Morgan fingerprint density at radius 2 is 2.09 bits per heavy atom. The second-order valence-corrected chi connectivity index (χ2v) is 2.67. The van der Waals surface area contributed by atoms with Gasteiger partial charge in [0.2, 0.25) is 0 Å². The third-order valence-electron chi connectivity index (χ3n) is 1.18. The molecule has 0 fully saturated rings. The van der Waals surface area contributed by atoms with Crippen LogP contribution in [0.15, 0.2) is 23.4 Å². The Morgan fingerprint density at radius 3 is 2.73 bits per heavy atom. The summed E-state index contributed by atoms with van der Waals surface area (Å²) in [5, 5.41) is 11.9. The number of hydrogen-bond acceptors (Lipinski definition) is 2. The van der Waals surface area contributed by atoms with Crippen molar-refractivity contribution in [1.82, 2.24) is 0 Å². The van der Waals surface area contributed by atoms with Crippen molar-refractivity contribution < 1.29 is 5.21 Å². The van der Waals surface area contributed by atoms with E-state index < -0.39 is 0 Å². The first-order chi connectivity index (χ1) is 5.25. The van der Waals surface area contributed by atoms with Gasteiger partial charge in [0.15, 0.2) is 0 Å². The largest absolute Gasteiger partial charge is 0.411 e. The Kier molecular flexibility index (Phi) is 2.74. The van der Waals surface area contributed by atoms with Gasteiger partial charge in [-0.2, -0.15) is 0 Å². The number of halogens is 2. The van der Waals surface area contributed by atoms with E-state index in [0.29, 0.717) is 15.6 Å². The average Bonchev–Trinajstić information content (AvgIpc) is 1.99. The predicted octanol–water partition coefficient (Wildman–Crippen LogP) is 2.80. The van der Waals surface area contributed by atoms with Gasteiger partial charge in [-0.1, -0.05) is 40.5 Å². The van der Waals surface area contributed by atoms with Crippen LogP contribution in [0.1, 0.15) is 5.56 Å². The average molecular weight is 190 g/mol. The van der Waals surface area contributed by atoms with Crippen molar-refractivity contribution in [3.63, 3.8) is 0 Å². The molecule has 1 aromatic rings. The lowest BCUT2D eigenvalue weighted by Gasteiger charge is -1.97. The van der Waals surface area contributed by atoms with Gasteiger partial charge in [0.05, 0.1) is 16.3 Å². The standard InChI is InChI=1S/C7H5Cl2NO/c8-6-3-1-2-5(4-10-11)7(6)9/h1-4,11H/b10-4-. The van der Waals surface area contributed by atoms with Crippen molar-refractivity contribution in [3.8, 4) is 0 Å². The minimum Gasteiger partial charge on any atom is -0.411 e. The minimum absolute atomic E-state index is 0.395. The zero-order chi connectivity index (χ0) is 8.27. The van der Waals surface area contributed by atoms with E-state index >= 15 is 0 Å². The monoisotopic (exact) mass is 189 g/mol. The summed E-state index contributed by atoms with van der Waals surface area (Å²) in [6.45, 7) is 0. The maximum absolute atomic E-state index is 8.20. The molecule has 0 atom stereocenters. The van der Waals surface area contributed by atoms with Gasteiger partial charge in [-0.3, -0.25) is 0 Å². The summed E-state index contributed by atoms with van der Waals surface area (Å²) in [7, 11) is 0. The maximum Gasteiger partial charge on any atom is 0.0749 e. The molecule has 4 heteroatoms. The van der Waals surface area contributed by atoms with Crippen molar-refractivity contribution >= 4 is 29.4 Å². The molecule has 0 saturated carbocycles. The van der Waals surface area contributed by atoms with Crippen LogP contribution in [-0.4, -0.2) is 11.4 Å². The number of oxime groups is 1. The highest BCUT2D eigenvalue weighted by molar-refractivity contribution is 6.43. The zero-order valence-electron chi connectivity index (χ0n) is 5.46. The molecular weight excluding hydrogens is 185 g/mol. The first-order valence-corrected chi connectivity index (χ1v) is 3.62. The lowest BCUT2D eigenvalue weighted by molar-refractivity contribution is 0.322. The Hall–Kier alpha value is -0.730. The van der Waals surface area contributed by atoms with Gasteiger partial charge < -0.3 is 5.21 Å². The number of nitrogens with zero attached hydrogens (tertiary/aromatic N) is 1. The van der Waals surface area contributed by atoms with E-state index in [4.69, 9.17) is 28.4 Å². The molecule has 0 bridgehead atoms. The highest BCUT2D eigenvalue weighted by Crippen LogP contribution is 2.23. The first kappa shape index (κ1) is 8.37. The molecule has 0 amide bonds. The molecule has 0 unspecified atom stereocenters. The number of benzene rings is 1. The van der Waals surface area contributed by atoms with Crippen molar-refractivity contribution in [1.29, 1.82) is 0 Å². The van der Waals surface area contributed by atoms with Crippen LogP contribution in [0.5, 0.6) is 0 Å². The molecule has 58 valence electrons. The zero-order valence-corrected chi connectivity index (χ0v) is 6.97. The van der Waals surface area contributed by atoms with Gasteiger partial charge in [-0.05, 0) is 6.07 Å². The van der Waals surface area contributed by atoms with E-state index in [9.17, 15) is 0 Å². The molecule has 0 spiro atoms. The van der Waals surface area contributed by atoms with Crippen LogP contribution in [0, 0.1) is 0 Å². The van der Waals surface area contributed by atoms with Crippen molar-refractivity contribution in [2.45, 2.75) is 0 Å². The van der Waals surface area contributed by atoms with E-state index in [1.165, 1.54) is 6.21 Å². The molecule has 11 heavy (non-hydrogen) atoms. The van der Waals surface area contributed by atoms with Crippen LogP contribution in [-0.2, 0) is 0 Å². The van der Waals surface area contributed by atoms with Crippen LogP contribution in [0.3, 0.4) is 0 Å². The number of rotatable bonds is 1. The second kappa shape index (κ2) is 3.60. The molecule has 1 rings (SSSR count). The molecule has 0 aromatic heterocycles. The SMILES string of the molecule is O/N=C\c1cccc(Cl)c1Cl. The van der Waals surface area contributed by atoms with Gasteiger partial charge in [0, 0.05) is 5.56 Å². The topological polar surface area (TPSA) is 32.6 Å². The predicted molar refractivity (Wildman–Crippen MR) is 45.8 cm³/mol. The first-order valence-electron chi connectivity index (χ1n) is 2.87. The lowest BCUT2D eigenvalue weighted by atomic mass is 10.2. The Morgan fingerprint density at radius 1 is 1.36 bits per heavy atom. The van der Waals surface area contributed by atoms with E-state index in [1.54, 1.807) is 18.2 Å². The fraction of sp³-hybridized carbons (Fsp3) is 0. The van der Waals surface area contributed by atoms with Crippen LogP contribution < -0.4 is 0 Å². The molecule has 1 N–H and O–H groups in total. The van der Waals surface area contributed by atoms with E-state index in [0.717, 1.165) is 0 Å². The third kappa shape index (κ3) is 1.85. The van der Waals surface area contributed by atoms with Gasteiger partial charge >= 0.3 is 0 Å². The van der Waals surface area contributed by atoms with E-state index in [-0.39, 0.29) is 0 Å². The normalized spacial score (nSPS) is 10.7. The molecule has 1 aromatic carbocycles. The second-order valence-electron chi connectivity index (χ2n) is 1.89. The fourth-order valence-electron chi connectivity index (χ4n) is 0.682. The minimum atomic E-state index is 0.395.